The zero-order valence-corrected chi connectivity index (χ0v) is 7.14. The summed E-state index contributed by atoms with van der Waals surface area (Å²) >= 11 is 5.71. The molecule has 0 aliphatic rings. The van der Waals surface area contributed by atoms with Crippen LogP contribution in [0.25, 0.3) is 0 Å². The van der Waals surface area contributed by atoms with E-state index in [-0.39, 0.29) is 0 Å². The minimum atomic E-state index is -0.405. The summed E-state index contributed by atoms with van der Waals surface area (Å²) in [5.74, 6) is -0.405. The highest BCUT2D eigenvalue weighted by molar-refractivity contribution is 6.34. The Labute approximate surface area is 74.3 Å². The van der Waals surface area contributed by atoms with Crippen molar-refractivity contribution in [1.29, 1.82) is 0 Å². The summed E-state index contributed by atoms with van der Waals surface area (Å²) < 4.78 is 12.6. The van der Waals surface area contributed by atoms with E-state index in [1.807, 2.05) is 0 Å². The average Bonchev–Trinajstić information content (AvgIpc) is 2.08. The van der Waals surface area contributed by atoms with Gasteiger partial charge in [-0.25, -0.2) is 4.39 Å². The van der Waals surface area contributed by atoms with E-state index >= 15 is 0 Å². The maximum atomic E-state index is 12.6. The number of halogens is 2. The fraction of sp³-hybridized carbons (Fsp3) is 0.125. The molecule has 0 aliphatic carbocycles. The summed E-state index contributed by atoms with van der Waals surface area (Å²) in [6, 6.07) is 3.88. The Kier molecular flexibility index (Phi) is 2.65. The zero-order valence-electron chi connectivity index (χ0n) is 6.38. The molecule has 2 nitrogen and oxygen atoms in total. The quantitative estimate of drug-likeness (QED) is 0.409. The second-order valence-corrected chi connectivity index (χ2v) is 2.72. The lowest BCUT2D eigenvalue weighted by molar-refractivity contribution is 0.319. The van der Waals surface area contributed by atoms with Gasteiger partial charge in [0.25, 0.3) is 0 Å². The molecule has 64 valence electrons. The highest BCUT2D eigenvalue weighted by Gasteiger charge is 2.04. The van der Waals surface area contributed by atoms with Crippen molar-refractivity contribution in [1.82, 2.24) is 0 Å². The molecule has 1 aromatic carbocycles. The third-order valence-electron chi connectivity index (χ3n) is 1.47. The molecule has 4 heteroatoms. The fourth-order valence-electron chi connectivity index (χ4n) is 0.829. The molecule has 0 amide bonds. The van der Waals surface area contributed by atoms with Gasteiger partial charge in [0.05, 0.1) is 5.71 Å². The monoisotopic (exact) mass is 187 g/mol. The van der Waals surface area contributed by atoms with Gasteiger partial charge in [0, 0.05) is 10.6 Å². The molecule has 0 aromatic heterocycles. The minimum Gasteiger partial charge on any atom is -0.411 e. The predicted molar refractivity (Wildman–Crippen MR) is 45.4 cm³/mol. The standard InChI is InChI=1S/C8H7ClFNO/c1-5(11-12)7-4-6(10)2-3-8(7)9/h2-4,12H,1H3. The van der Waals surface area contributed by atoms with Crippen molar-refractivity contribution in [2.75, 3.05) is 0 Å². The molecule has 0 aliphatic heterocycles. The smallest absolute Gasteiger partial charge is 0.123 e. The predicted octanol–water partition coefficient (Wildman–Crippen LogP) is 2.68. The van der Waals surface area contributed by atoms with Gasteiger partial charge in [-0.2, -0.15) is 0 Å². The highest BCUT2D eigenvalue weighted by Crippen LogP contribution is 2.17. The normalized spacial score (nSPS) is 11.8. The van der Waals surface area contributed by atoms with Crippen molar-refractivity contribution in [3.63, 3.8) is 0 Å². The highest BCUT2D eigenvalue weighted by atomic mass is 35.5. The van der Waals surface area contributed by atoms with E-state index in [0.717, 1.165) is 0 Å². The van der Waals surface area contributed by atoms with Crippen molar-refractivity contribution in [2.45, 2.75) is 6.92 Å². The first-order valence-corrected chi connectivity index (χ1v) is 3.67. The van der Waals surface area contributed by atoms with E-state index in [9.17, 15) is 4.39 Å². The van der Waals surface area contributed by atoms with Crippen molar-refractivity contribution < 1.29 is 9.60 Å². The SMILES string of the molecule is CC(=NO)c1cc(F)ccc1Cl. The van der Waals surface area contributed by atoms with E-state index < -0.39 is 5.82 Å². The number of oxime groups is 1. The zero-order chi connectivity index (χ0) is 9.14. The molecular weight excluding hydrogens is 181 g/mol. The van der Waals surface area contributed by atoms with Crippen molar-refractivity contribution in [3.8, 4) is 0 Å². The van der Waals surface area contributed by atoms with Gasteiger partial charge in [-0.05, 0) is 25.1 Å². The van der Waals surface area contributed by atoms with Gasteiger partial charge in [-0.15, -0.1) is 0 Å². The van der Waals surface area contributed by atoms with Crippen LogP contribution in [0.15, 0.2) is 23.4 Å². The van der Waals surface area contributed by atoms with Gasteiger partial charge in [0.1, 0.15) is 5.82 Å². The molecule has 0 fully saturated rings. The van der Waals surface area contributed by atoms with Crippen LogP contribution in [0.2, 0.25) is 5.02 Å². The van der Waals surface area contributed by atoms with Crippen LogP contribution in [0.1, 0.15) is 12.5 Å². The Bertz CT molecular complexity index is 325. The van der Waals surface area contributed by atoms with Crippen molar-refractivity contribution in [2.24, 2.45) is 5.16 Å². The minimum absolute atomic E-state index is 0.291. The maximum Gasteiger partial charge on any atom is 0.123 e. The number of rotatable bonds is 1. The van der Waals surface area contributed by atoms with Gasteiger partial charge < -0.3 is 5.21 Å². The molecule has 1 aromatic rings. The van der Waals surface area contributed by atoms with Crippen molar-refractivity contribution >= 4 is 17.3 Å². The van der Waals surface area contributed by atoms with Crippen LogP contribution in [0.5, 0.6) is 0 Å². The topological polar surface area (TPSA) is 32.6 Å². The third-order valence-corrected chi connectivity index (χ3v) is 1.80. The van der Waals surface area contributed by atoms with Crippen LogP contribution < -0.4 is 0 Å². The lowest BCUT2D eigenvalue weighted by Gasteiger charge is -2.00. The molecule has 0 saturated carbocycles. The summed E-state index contributed by atoms with van der Waals surface area (Å²) in [5, 5.41) is 11.7. The van der Waals surface area contributed by atoms with Crippen LogP contribution in [0, 0.1) is 5.82 Å². The lowest BCUT2D eigenvalue weighted by Crippen LogP contribution is -1.96. The van der Waals surface area contributed by atoms with Crippen LogP contribution >= 0.6 is 11.6 Å². The van der Waals surface area contributed by atoms with Gasteiger partial charge >= 0.3 is 0 Å². The molecular formula is C8H7ClFNO. The Balaban J connectivity index is 3.23. The van der Waals surface area contributed by atoms with Crippen molar-refractivity contribution in [3.05, 3.63) is 34.6 Å². The van der Waals surface area contributed by atoms with Gasteiger partial charge in [0.15, 0.2) is 0 Å². The first-order valence-electron chi connectivity index (χ1n) is 3.29. The summed E-state index contributed by atoms with van der Waals surface area (Å²) in [7, 11) is 0. The van der Waals surface area contributed by atoms with Gasteiger partial charge in [-0.3, -0.25) is 0 Å². The molecule has 12 heavy (non-hydrogen) atoms. The maximum absolute atomic E-state index is 12.6. The Morgan fingerprint density at radius 1 is 1.58 bits per heavy atom. The van der Waals surface area contributed by atoms with Crippen LogP contribution in [-0.4, -0.2) is 10.9 Å². The summed E-state index contributed by atoms with van der Waals surface area (Å²) in [4.78, 5) is 0. The summed E-state index contributed by atoms with van der Waals surface area (Å²) in [5.41, 5.74) is 0.693. The molecule has 0 unspecified atom stereocenters. The molecule has 0 atom stereocenters. The van der Waals surface area contributed by atoms with E-state index in [1.165, 1.54) is 18.2 Å². The number of nitrogens with zero attached hydrogens (tertiary/aromatic N) is 1. The molecule has 0 spiro atoms. The van der Waals surface area contributed by atoms with Crippen LogP contribution in [-0.2, 0) is 0 Å². The third kappa shape index (κ3) is 1.74. The lowest BCUT2D eigenvalue weighted by atomic mass is 10.1. The van der Waals surface area contributed by atoms with E-state index in [2.05, 4.69) is 5.16 Å². The molecule has 0 radical (unpaired) electrons. The fourth-order valence-corrected chi connectivity index (χ4v) is 1.08. The Morgan fingerprint density at radius 2 is 2.25 bits per heavy atom. The Hall–Kier alpha value is -1.09. The first-order chi connectivity index (χ1) is 5.65. The van der Waals surface area contributed by atoms with E-state index in [0.29, 0.717) is 16.3 Å². The molecule has 1 rings (SSSR count). The second kappa shape index (κ2) is 3.54. The average molecular weight is 188 g/mol. The number of hydrogen-bond acceptors (Lipinski definition) is 2. The van der Waals surface area contributed by atoms with Gasteiger partial charge in [0.2, 0.25) is 0 Å². The molecule has 0 bridgehead atoms. The Morgan fingerprint density at radius 3 is 2.83 bits per heavy atom. The summed E-state index contributed by atoms with van der Waals surface area (Å²) in [6.45, 7) is 1.54. The largest absolute Gasteiger partial charge is 0.411 e. The summed E-state index contributed by atoms with van der Waals surface area (Å²) in [6.07, 6.45) is 0. The van der Waals surface area contributed by atoms with Crippen LogP contribution in [0.3, 0.4) is 0 Å². The molecule has 0 heterocycles. The first kappa shape index (κ1) is 9.00. The van der Waals surface area contributed by atoms with Gasteiger partial charge in [-0.1, -0.05) is 16.8 Å². The van der Waals surface area contributed by atoms with E-state index in [4.69, 9.17) is 16.8 Å². The van der Waals surface area contributed by atoms with Crippen LogP contribution in [0.4, 0.5) is 4.39 Å². The molecule has 1 N–H and O–H groups in total. The second-order valence-electron chi connectivity index (χ2n) is 2.31. The number of hydrogen-bond donors (Lipinski definition) is 1. The molecule has 0 saturated heterocycles. The van der Waals surface area contributed by atoms with E-state index in [1.54, 1.807) is 6.92 Å². The number of benzene rings is 1.